The van der Waals surface area contributed by atoms with Crippen LogP contribution in [0.1, 0.15) is 6.92 Å². The van der Waals surface area contributed by atoms with Crippen LogP contribution in [0.3, 0.4) is 0 Å². The van der Waals surface area contributed by atoms with Crippen molar-refractivity contribution in [1.29, 1.82) is 0 Å². The second-order valence-electron chi connectivity index (χ2n) is 5.82. The van der Waals surface area contributed by atoms with Gasteiger partial charge in [0.2, 0.25) is 5.91 Å². The van der Waals surface area contributed by atoms with Crippen LogP contribution in [0.2, 0.25) is 0 Å². The predicted molar refractivity (Wildman–Crippen MR) is 104 cm³/mol. The highest BCUT2D eigenvalue weighted by atomic mass is 32.2. The number of carbonyl (C=O) groups is 1. The van der Waals surface area contributed by atoms with Crippen LogP contribution in [0.25, 0.3) is 10.8 Å². The molecule has 0 heterocycles. The van der Waals surface area contributed by atoms with Crippen molar-refractivity contribution in [2.45, 2.75) is 23.6 Å². The molecule has 134 valence electrons. The molecule has 0 spiro atoms. The van der Waals surface area contributed by atoms with E-state index in [-0.39, 0.29) is 5.91 Å². The molecule has 0 aliphatic carbocycles. The van der Waals surface area contributed by atoms with E-state index in [2.05, 4.69) is 10.6 Å². The SMILES string of the molecule is C[C@@H](Nc1ccc(SC(F)F)cc1)C(=O)Nc1ccc2ccccc2c1. The molecule has 1 atom stereocenters. The highest BCUT2D eigenvalue weighted by Crippen LogP contribution is 2.26. The number of rotatable bonds is 6. The van der Waals surface area contributed by atoms with Crippen molar-refractivity contribution in [1.82, 2.24) is 0 Å². The van der Waals surface area contributed by atoms with Gasteiger partial charge in [-0.3, -0.25) is 4.79 Å². The van der Waals surface area contributed by atoms with E-state index >= 15 is 0 Å². The van der Waals surface area contributed by atoms with Gasteiger partial charge in [0.1, 0.15) is 6.04 Å². The Morgan fingerprint density at radius 2 is 1.58 bits per heavy atom. The first-order chi connectivity index (χ1) is 12.5. The lowest BCUT2D eigenvalue weighted by Crippen LogP contribution is -2.31. The van der Waals surface area contributed by atoms with Gasteiger partial charge in [-0.05, 0) is 54.1 Å². The Morgan fingerprint density at radius 1 is 0.923 bits per heavy atom. The number of carbonyl (C=O) groups excluding carboxylic acids is 1. The van der Waals surface area contributed by atoms with Crippen LogP contribution in [-0.4, -0.2) is 17.7 Å². The molecule has 0 saturated heterocycles. The van der Waals surface area contributed by atoms with Gasteiger partial charge >= 0.3 is 0 Å². The fraction of sp³-hybridized carbons (Fsp3) is 0.150. The molecule has 3 rings (SSSR count). The van der Waals surface area contributed by atoms with Crippen LogP contribution in [-0.2, 0) is 4.79 Å². The number of amides is 1. The summed E-state index contributed by atoms with van der Waals surface area (Å²) in [5.74, 6) is -2.62. The zero-order valence-electron chi connectivity index (χ0n) is 14.1. The molecule has 0 bridgehead atoms. The van der Waals surface area contributed by atoms with E-state index in [1.807, 2.05) is 42.5 Å². The van der Waals surface area contributed by atoms with Crippen LogP contribution in [0.5, 0.6) is 0 Å². The average Bonchev–Trinajstić information content (AvgIpc) is 2.62. The number of hydrogen-bond donors (Lipinski definition) is 2. The normalized spacial score (nSPS) is 12.2. The average molecular weight is 372 g/mol. The Kier molecular flexibility index (Phi) is 5.73. The topological polar surface area (TPSA) is 41.1 Å². The van der Waals surface area contributed by atoms with Crippen LogP contribution >= 0.6 is 11.8 Å². The lowest BCUT2D eigenvalue weighted by molar-refractivity contribution is -0.116. The molecular formula is C20H18F2N2OS. The van der Waals surface area contributed by atoms with Gasteiger partial charge in [-0.2, -0.15) is 8.78 Å². The standard InChI is InChI=1S/C20H18F2N2OS/c1-13(23-16-8-10-18(11-9-16)26-20(21)22)19(25)24-17-7-6-14-4-2-3-5-15(14)12-17/h2-13,20,23H,1H3,(H,24,25)/t13-/m1/s1. The summed E-state index contributed by atoms with van der Waals surface area (Å²) < 4.78 is 24.7. The molecule has 3 nitrogen and oxygen atoms in total. The van der Waals surface area contributed by atoms with Crippen LogP contribution in [0.4, 0.5) is 20.2 Å². The van der Waals surface area contributed by atoms with Crippen molar-refractivity contribution in [2.75, 3.05) is 10.6 Å². The van der Waals surface area contributed by atoms with Gasteiger partial charge in [0.05, 0.1) is 0 Å². The van der Waals surface area contributed by atoms with Crippen molar-refractivity contribution in [2.24, 2.45) is 0 Å². The third-order valence-corrected chi connectivity index (χ3v) is 4.60. The molecule has 0 radical (unpaired) electrons. The van der Waals surface area contributed by atoms with E-state index < -0.39 is 11.8 Å². The summed E-state index contributed by atoms with van der Waals surface area (Å²) in [4.78, 5) is 12.9. The number of benzene rings is 3. The molecule has 26 heavy (non-hydrogen) atoms. The fourth-order valence-corrected chi connectivity index (χ4v) is 3.06. The monoisotopic (exact) mass is 372 g/mol. The Hall–Kier alpha value is -2.60. The summed E-state index contributed by atoms with van der Waals surface area (Å²) >= 11 is 0.495. The highest BCUT2D eigenvalue weighted by molar-refractivity contribution is 7.99. The summed E-state index contributed by atoms with van der Waals surface area (Å²) in [6, 6.07) is 19.8. The first-order valence-electron chi connectivity index (χ1n) is 8.12. The van der Waals surface area contributed by atoms with Crippen molar-refractivity contribution in [3.63, 3.8) is 0 Å². The van der Waals surface area contributed by atoms with Gasteiger partial charge in [-0.15, -0.1) is 0 Å². The molecule has 3 aromatic carbocycles. The molecule has 3 aromatic rings. The zero-order valence-corrected chi connectivity index (χ0v) is 14.9. The van der Waals surface area contributed by atoms with Crippen LogP contribution < -0.4 is 10.6 Å². The van der Waals surface area contributed by atoms with E-state index in [1.165, 1.54) is 0 Å². The first kappa shape index (κ1) is 18.2. The molecule has 0 unspecified atom stereocenters. The van der Waals surface area contributed by atoms with Crippen molar-refractivity contribution in [3.8, 4) is 0 Å². The quantitative estimate of drug-likeness (QED) is 0.554. The van der Waals surface area contributed by atoms with Crippen molar-refractivity contribution < 1.29 is 13.6 Å². The summed E-state index contributed by atoms with van der Waals surface area (Å²) in [6.45, 7) is 1.75. The lowest BCUT2D eigenvalue weighted by Gasteiger charge is -2.16. The third-order valence-electron chi connectivity index (χ3n) is 3.87. The minimum Gasteiger partial charge on any atom is -0.374 e. The number of anilines is 2. The van der Waals surface area contributed by atoms with Crippen LogP contribution in [0, 0.1) is 0 Å². The molecule has 0 aromatic heterocycles. The van der Waals surface area contributed by atoms with Gasteiger partial charge < -0.3 is 10.6 Å². The van der Waals surface area contributed by atoms with E-state index in [4.69, 9.17) is 0 Å². The summed E-state index contributed by atoms with van der Waals surface area (Å²) in [5.41, 5.74) is 1.43. The van der Waals surface area contributed by atoms with E-state index in [9.17, 15) is 13.6 Å². The zero-order chi connectivity index (χ0) is 18.5. The number of thioether (sulfide) groups is 1. The smallest absolute Gasteiger partial charge is 0.288 e. The molecular weight excluding hydrogens is 354 g/mol. The highest BCUT2D eigenvalue weighted by Gasteiger charge is 2.13. The number of alkyl halides is 2. The van der Waals surface area contributed by atoms with Crippen LogP contribution in [0.15, 0.2) is 71.6 Å². The van der Waals surface area contributed by atoms with Gasteiger partial charge in [0.25, 0.3) is 5.76 Å². The second kappa shape index (κ2) is 8.19. The van der Waals surface area contributed by atoms with E-state index in [0.717, 1.165) is 16.5 Å². The fourth-order valence-electron chi connectivity index (χ4n) is 2.57. The number of nitrogens with one attached hydrogen (secondary N) is 2. The van der Waals surface area contributed by atoms with Crippen molar-refractivity contribution in [3.05, 3.63) is 66.7 Å². The molecule has 0 aliphatic heterocycles. The predicted octanol–water partition coefficient (Wildman–Crippen LogP) is 5.59. The Balaban J connectivity index is 1.61. The number of fused-ring (bicyclic) bond motifs is 1. The Labute approximate surface area is 154 Å². The second-order valence-corrected chi connectivity index (χ2v) is 6.88. The molecule has 2 N–H and O–H groups in total. The summed E-state index contributed by atoms with van der Waals surface area (Å²) in [5, 5.41) is 8.12. The third kappa shape index (κ3) is 4.73. The first-order valence-corrected chi connectivity index (χ1v) is 9.00. The van der Waals surface area contributed by atoms with Gasteiger partial charge in [-0.25, -0.2) is 0 Å². The molecule has 0 fully saturated rings. The minimum absolute atomic E-state index is 0.175. The molecule has 6 heteroatoms. The molecule has 1 amide bonds. The number of halogens is 2. The maximum atomic E-state index is 12.4. The Bertz CT molecular complexity index is 900. The number of hydrogen-bond acceptors (Lipinski definition) is 3. The largest absolute Gasteiger partial charge is 0.374 e. The van der Waals surface area contributed by atoms with E-state index in [1.54, 1.807) is 31.2 Å². The molecule has 0 aliphatic rings. The van der Waals surface area contributed by atoms with Gasteiger partial charge in [-0.1, -0.05) is 42.1 Å². The van der Waals surface area contributed by atoms with Gasteiger partial charge in [0, 0.05) is 16.3 Å². The lowest BCUT2D eigenvalue weighted by atomic mass is 10.1. The van der Waals surface area contributed by atoms with Crippen molar-refractivity contribution >= 4 is 39.8 Å². The maximum Gasteiger partial charge on any atom is 0.288 e. The Morgan fingerprint density at radius 3 is 2.27 bits per heavy atom. The summed E-state index contributed by atoms with van der Waals surface area (Å²) in [6.07, 6.45) is 0. The summed E-state index contributed by atoms with van der Waals surface area (Å²) in [7, 11) is 0. The van der Waals surface area contributed by atoms with E-state index in [0.29, 0.717) is 22.3 Å². The minimum atomic E-state index is -2.44. The molecule has 0 saturated carbocycles. The van der Waals surface area contributed by atoms with Gasteiger partial charge in [0.15, 0.2) is 0 Å². The maximum absolute atomic E-state index is 12.4.